The number of esters is 1. The van der Waals surface area contributed by atoms with Crippen LogP contribution in [0.4, 0.5) is 0 Å². The second-order valence-corrected chi connectivity index (χ2v) is 14.4. The van der Waals surface area contributed by atoms with E-state index in [0.717, 1.165) is 5.57 Å². The quantitative estimate of drug-likeness (QED) is 0.280. The van der Waals surface area contributed by atoms with E-state index >= 15 is 0 Å². The predicted octanol–water partition coefficient (Wildman–Crippen LogP) is 2.86. The molecule has 0 unspecified atom stereocenters. The van der Waals surface area contributed by atoms with Crippen LogP contribution >= 0.6 is 0 Å². The molecule has 3 N–H and O–H groups in total. The first kappa shape index (κ1) is 28.4. The van der Waals surface area contributed by atoms with Crippen molar-refractivity contribution < 1.29 is 39.2 Å². The maximum atomic E-state index is 14.2. The fraction of sp³-hybridized carbons (Fsp3) is 0.742. The van der Waals surface area contributed by atoms with Gasteiger partial charge in [0.15, 0.2) is 11.6 Å². The van der Waals surface area contributed by atoms with Gasteiger partial charge in [0.05, 0.1) is 6.10 Å². The Balaban J connectivity index is 1.50. The molecule has 0 aromatic rings. The molecule has 5 aliphatic rings. The smallest absolute Gasteiger partial charge is 0.303 e. The molecule has 9 atom stereocenters. The van der Waals surface area contributed by atoms with Crippen LogP contribution < -0.4 is 0 Å². The minimum Gasteiger partial charge on any atom is -0.456 e. The third-order valence-electron chi connectivity index (χ3n) is 11.7. The zero-order valence-corrected chi connectivity index (χ0v) is 24.0. The number of ether oxygens (including phenoxy) is 1. The van der Waals surface area contributed by atoms with E-state index in [9.17, 15) is 34.5 Å². The highest BCUT2D eigenvalue weighted by atomic mass is 16.6. The number of hydrogen-bond acceptors (Lipinski definition) is 8. The molecule has 0 aromatic carbocycles. The van der Waals surface area contributed by atoms with E-state index in [4.69, 9.17) is 4.74 Å². The Morgan fingerprint density at radius 3 is 2.38 bits per heavy atom. The van der Waals surface area contributed by atoms with Crippen molar-refractivity contribution in [3.05, 3.63) is 23.8 Å². The summed E-state index contributed by atoms with van der Waals surface area (Å²) < 4.78 is 5.22. The van der Waals surface area contributed by atoms with Crippen molar-refractivity contribution in [2.24, 2.45) is 39.4 Å². The molecule has 4 saturated carbocycles. The average Bonchev–Trinajstić information content (AvgIpc) is 2.97. The normalized spacial score (nSPS) is 46.4. The van der Waals surface area contributed by atoms with Crippen LogP contribution in [0.5, 0.6) is 0 Å². The lowest BCUT2D eigenvalue weighted by atomic mass is 9.33. The van der Waals surface area contributed by atoms with Gasteiger partial charge in [-0.1, -0.05) is 25.5 Å². The van der Waals surface area contributed by atoms with Crippen LogP contribution in [0.1, 0.15) is 80.6 Å². The molecule has 1 spiro atoms. The Morgan fingerprint density at radius 2 is 1.77 bits per heavy atom. The van der Waals surface area contributed by atoms with Crippen LogP contribution in [0.25, 0.3) is 0 Å². The molecular weight excluding hydrogens is 500 g/mol. The van der Waals surface area contributed by atoms with Gasteiger partial charge in [0.25, 0.3) is 0 Å². The Labute approximate surface area is 229 Å². The third kappa shape index (κ3) is 3.46. The summed E-state index contributed by atoms with van der Waals surface area (Å²) >= 11 is 0. The molecule has 4 fully saturated rings. The van der Waals surface area contributed by atoms with Gasteiger partial charge in [-0.25, -0.2) is 0 Å². The van der Waals surface area contributed by atoms with Gasteiger partial charge in [0.2, 0.25) is 0 Å². The minimum atomic E-state index is -1.82. The van der Waals surface area contributed by atoms with Gasteiger partial charge in [-0.05, 0) is 88.2 Å². The molecule has 5 aliphatic carbocycles. The lowest BCUT2D eigenvalue weighted by Gasteiger charge is -2.70. The van der Waals surface area contributed by atoms with Gasteiger partial charge in [-0.2, -0.15) is 0 Å². The van der Waals surface area contributed by atoms with E-state index in [1.807, 2.05) is 20.8 Å². The molecule has 5 rings (SSSR count). The molecule has 39 heavy (non-hydrogen) atoms. The maximum absolute atomic E-state index is 14.2. The van der Waals surface area contributed by atoms with Gasteiger partial charge in [-0.3, -0.25) is 19.2 Å². The number of Topliss-reactive ketones (excluding diaryl/α,β-unsaturated/α-hetero) is 2. The van der Waals surface area contributed by atoms with Gasteiger partial charge < -0.3 is 20.1 Å². The Bertz CT molecular complexity index is 1230. The Hall–Kier alpha value is -2.16. The molecule has 214 valence electrons. The molecule has 0 heterocycles. The Kier molecular flexibility index (Phi) is 5.96. The number of hydrogen-bond donors (Lipinski definition) is 3. The van der Waals surface area contributed by atoms with Crippen molar-refractivity contribution in [1.29, 1.82) is 0 Å². The second kappa shape index (κ2) is 8.20. The first-order chi connectivity index (χ1) is 17.8. The van der Waals surface area contributed by atoms with Gasteiger partial charge in [0, 0.05) is 30.1 Å². The lowest BCUT2D eigenvalue weighted by molar-refractivity contribution is -0.249. The van der Waals surface area contributed by atoms with E-state index in [-0.39, 0.29) is 42.7 Å². The van der Waals surface area contributed by atoms with Crippen LogP contribution in [0.15, 0.2) is 23.8 Å². The topological polar surface area (TPSA) is 138 Å². The van der Waals surface area contributed by atoms with Crippen LogP contribution in [0, 0.1) is 39.4 Å². The van der Waals surface area contributed by atoms with E-state index in [0.29, 0.717) is 12.8 Å². The fourth-order valence-corrected chi connectivity index (χ4v) is 9.89. The molecule has 0 radical (unpaired) electrons. The molecule has 0 aliphatic heterocycles. The fourth-order valence-electron chi connectivity index (χ4n) is 9.89. The van der Waals surface area contributed by atoms with Crippen LogP contribution in [0.3, 0.4) is 0 Å². The number of carbonyl (C=O) groups is 4. The second-order valence-electron chi connectivity index (χ2n) is 14.4. The number of fused-ring (bicyclic) bond motifs is 4. The number of aliphatic hydroxyl groups excluding tert-OH is 2. The summed E-state index contributed by atoms with van der Waals surface area (Å²) in [5.74, 6) is -2.52. The number of aliphatic hydroxyl groups is 3. The lowest BCUT2D eigenvalue weighted by Crippen LogP contribution is -2.73. The summed E-state index contributed by atoms with van der Waals surface area (Å²) in [4.78, 5) is 51.8. The van der Waals surface area contributed by atoms with E-state index in [1.54, 1.807) is 13.8 Å². The standard InChI is InChI=1S/C31H42O8/c1-16(32)39-26(2,3)11-10-22(35)31(38)15-30-14-23(36)29(7)18-12-19(33)25(37)27(4,5)17(18)8-9-21(29)28(30,6)13-20(34)24(30)31/h8,10-11,18-21,24,33-34,38H,9,12-15H2,1-7H3/b11-10+/t18-,19+,20-,21+,24+,28+,29+,30+,31+/m1/s1. The van der Waals surface area contributed by atoms with Crippen molar-refractivity contribution >= 4 is 23.3 Å². The third-order valence-corrected chi connectivity index (χ3v) is 11.7. The highest BCUT2D eigenvalue weighted by Crippen LogP contribution is 2.80. The van der Waals surface area contributed by atoms with Crippen LogP contribution in [-0.4, -0.2) is 62.0 Å². The van der Waals surface area contributed by atoms with Crippen molar-refractivity contribution in [3.8, 4) is 0 Å². The average molecular weight is 543 g/mol. The van der Waals surface area contributed by atoms with Crippen molar-refractivity contribution in [1.82, 2.24) is 0 Å². The van der Waals surface area contributed by atoms with Gasteiger partial charge in [-0.15, -0.1) is 0 Å². The number of ketones is 3. The first-order valence-electron chi connectivity index (χ1n) is 14.1. The molecule has 8 nitrogen and oxygen atoms in total. The highest BCUT2D eigenvalue weighted by Gasteiger charge is 2.82. The largest absolute Gasteiger partial charge is 0.456 e. The first-order valence-corrected chi connectivity index (χ1v) is 14.1. The van der Waals surface area contributed by atoms with Crippen LogP contribution in [-0.2, 0) is 23.9 Å². The summed E-state index contributed by atoms with van der Waals surface area (Å²) in [6, 6.07) is 0. The van der Waals surface area contributed by atoms with Gasteiger partial charge in [0.1, 0.15) is 23.1 Å². The van der Waals surface area contributed by atoms with E-state index in [1.165, 1.54) is 19.1 Å². The Morgan fingerprint density at radius 1 is 1.13 bits per heavy atom. The van der Waals surface area contributed by atoms with E-state index < -0.39 is 62.7 Å². The number of allylic oxidation sites excluding steroid dienone is 2. The number of carbonyl (C=O) groups excluding carboxylic acids is 4. The molecule has 0 aromatic heterocycles. The number of rotatable bonds is 4. The summed E-state index contributed by atoms with van der Waals surface area (Å²) in [5, 5.41) is 33.7. The molecular formula is C31H42O8. The van der Waals surface area contributed by atoms with Crippen LogP contribution in [0.2, 0.25) is 0 Å². The molecule has 0 bridgehead atoms. The van der Waals surface area contributed by atoms with Crippen molar-refractivity contribution in [2.75, 3.05) is 0 Å². The highest BCUT2D eigenvalue weighted by molar-refractivity contribution is 6.00. The summed E-state index contributed by atoms with van der Waals surface area (Å²) in [6.45, 7) is 12.2. The SMILES string of the molecule is CC(=O)OC(C)(C)/C=C/C(=O)[C@@]1(O)C[C@]23CC(=O)[C@@]4(C)[C@@H]5C[C@H](O)C(=O)C(C)(C)C5=CC[C@H]4[C@]2(C)C[C@@H](O)[C@@H]31. The zero-order valence-electron chi connectivity index (χ0n) is 24.0. The zero-order chi connectivity index (χ0) is 29.1. The molecule has 0 saturated heterocycles. The summed E-state index contributed by atoms with van der Waals surface area (Å²) in [5.41, 5.74) is -4.91. The summed E-state index contributed by atoms with van der Waals surface area (Å²) in [7, 11) is 0. The molecule has 0 amide bonds. The predicted molar refractivity (Wildman–Crippen MR) is 141 cm³/mol. The van der Waals surface area contributed by atoms with Gasteiger partial charge >= 0.3 is 5.97 Å². The maximum Gasteiger partial charge on any atom is 0.303 e. The van der Waals surface area contributed by atoms with Crippen molar-refractivity contribution in [2.45, 2.75) is 104 Å². The monoisotopic (exact) mass is 542 g/mol. The van der Waals surface area contributed by atoms with Crippen molar-refractivity contribution in [3.63, 3.8) is 0 Å². The minimum absolute atomic E-state index is 0.0121. The summed E-state index contributed by atoms with van der Waals surface area (Å²) in [6.07, 6.45) is 3.95. The molecule has 8 heteroatoms. The van der Waals surface area contributed by atoms with E-state index in [2.05, 4.69) is 13.0 Å².